The fourth-order valence-corrected chi connectivity index (χ4v) is 4.11. The lowest BCUT2D eigenvalue weighted by atomic mass is 10.0. The van der Waals surface area contributed by atoms with Gasteiger partial charge in [0.05, 0.1) is 11.4 Å². The van der Waals surface area contributed by atoms with Crippen molar-refractivity contribution in [3.05, 3.63) is 90.8 Å². The van der Waals surface area contributed by atoms with Crippen LogP contribution in [0.15, 0.2) is 90.1 Å². The highest BCUT2D eigenvalue weighted by atomic mass is 32.2. The van der Waals surface area contributed by atoms with Crippen LogP contribution in [0.5, 0.6) is 0 Å². The van der Waals surface area contributed by atoms with E-state index >= 15 is 0 Å². The lowest BCUT2D eigenvalue weighted by Gasteiger charge is -2.20. The molecule has 1 amide bonds. The molecule has 0 aliphatic carbocycles. The number of pyridine rings is 1. The number of nitrogens with one attached hydrogen (secondary N) is 3. The van der Waals surface area contributed by atoms with E-state index in [0.717, 1.165) is 11.3 Å². The summed E-state index contributed by atoms with van der Waals surface area (Å²) in [6, 6.07) is 21.5. The van der Waals surface area contributed by atoms with Gasteiger partial charge in [0.2, 0.25) is 15.9 Å². The first-order chi connectivity index (χ1) is 15.0. The molecule has 0 saturated heterocycles. The standard InChI is InChI=1S/C23H26N4O3S/c28-23(18-26-31(29,30)22-9-5-2-6-10-22)27-21(17-19-7-3-1-4-8-19)13-16-25-20-11-14-24-15-12-20/h1-12,14-15,21,26H,13,16-18H2,(H,24,25)(H,27,28)/t21-/m1/s1. The number of carbonyl (C=O) groups is 1. The second-order valence-electron chi connectivity index (χ2n) is 7.04. The smallest absolute Gasteiger partial charge is 0.241 e. The number of rotatable bonds is 11. The number of amides is 1. The largest absolute Gasteiger partial charge is 0.385 e. The van der Waals surface area contributed by atoms with Crippen LogP contribution in [0.4, 0.5) is 5.69 Å². The molecular weight excluding hydrogens is 412 g/mol. The van der Waals surface area contributed by atoms with Gasteiger partial charge in [-0.15, -0.1) is 0 Å². The molecule has 8 heteroatoms. The van der Waals surface area contributed by atoms with Gasteiger partial charge in [-0.2, -0.15) is 0 Å². The molecular formula is C23H26N4O3S. The number of nitrogens with zero attached hydrogens (tertiary/aromatic N) is 1. The van der Waals surface area contributed by atoms with E-state index in [2.05, 4.69) is 20.3 Å². The summed E-state index contributed by atoms with van der Waals surface area (Å²) in [6.07, 6.45) is 4.75. The molecule has 1 heterocycles. The molecule has 3 N–H and O–H groups in total. The monoisotopic (exact) mass is 438 g/mol. The van der Waals surface area contributed by atoms with Crippen molar-refractivity contribution in [1.82, 2.24) is 15.0 Å². The molecule has 0 aliphatic heterocycles. The average molecular weight is 439 g/mol. The van der Waals surface area contributed by atoms with Gasteiger partial charge < -0.3 is 10.6 Å². The Bertz CT molecular complexity index is 1050. The fourth-order valence-electron chi connectivity index (χ4n) is 3.11. The predicted octanol–water partition coefficient (Wildman–Crippen LogP) is 2.59. The second-order valence-corrected chi connectivity index (χ2v) is 8.81. The van der Waals surface area contributed by atoms with E-state index in [1.165, 1.54) is 12.1 Å². The van der Waals surface area contributed by atoms with Crippen LogP contribution >= 0.6 is 0 Å². The molecule has 0 fully saturated rings. The Morgan fingerprint density at radius 3 is 2.23 bits per heavy atom. The summed E-state index contributed by atoms with van der Waals surface area (Å²) in [7, 11) is -3.73. The van der Waals surface area contributed by atoms with E-state index in [1.54, 1.807) is 30.6 Å². The first kappa shape index (κ1) is 22.5. The Labute approximate surface area is 183 Å². The maximum Gasteiger partial charge on any atom is 0.241 e. The van der Waals surface area contributed by atoms with Crippen molar-refractivity contribution in [3.8, 4) is 0 Å². The maximum atomic E-state index is 12.5. The zero-order valence-electron chi connectivity index (χ0n) is 17.1. The van der Waals surface area contributed by atoms with Crippen molar-refractivity contribution in [3.63, 3.8) is 0 Å². The number of anilines is 1. The molecule has 3 aromatic rings. The van der Waals surface area contributed by atoms with Gasteiger partial charge in [0.15, 0.2) is 0 Å². The number of sulfonamides is 1. The molecule has 0 unspecified atom stereocenters. The normalized spacial score (nSPS) is 12.1. The third-order valence-corrected chi connectivity index (χ3v) is 6.09. The number of aromatic nitrogens is 1. The van der Waals surface area contributed by atoms with Crippen LogP contribution in [0.1, 0.15) is 12.0 Å². The Morgan fingerprint density at radius 1 is 0.903 bits per heavy atom. The van der Waals surface area contributed by atoms with Crippen LogP contribution < -0.4 is 15.4 Å². The van der Waals surface area contributed by atoms with Gasteiger partial charge >= 0.3 is 0 Å². The van der Waals surface area contributed by atoms with Gasteiger partial charge in [-0.25, -0.2) is 13.1 Å². The van der Waals surface area contributed by atoms with Crippen molar-refractivity contribution in [2.24, 2.45) is 0 Å². The van der Waals surface area contributed by atoms with Crippen molar-refractivity contribution in [1.29, 1.82) is 0 Å². The van der Waals surface area contributed by atoms with Crippen molar-refractivity contribution in [2.45, 2.75) is 23.8 Å². The van der Waals surface area contributed by atoms with Crippen molar-refractivity contribution >= 4 is 21.6 Å². The van der Waals surface area contributed by atoms with Crippen LogP contribution in [0.25, 0.3) is 0 Å². The zero-order valence-corrected chi connectivity index (χ0v) is 17.9. The highest BCUT2D eigenvalue weighted by Crippen LogP contribution is 2.09. The van der Waals surface area contributed by atoms with Crippen LogP contribution in [0, 0.1) is 0 Å². The SMILES string of the molecule is O=C(CNS(=O)(=O)c1ccccc1)N[C@H](CCNc1ccncc1)Cc1ccccc1. The van der Waals surface area contributed by atoms with E-state index in [-0.39, 0.29) is 23.4 Å². The highest BCUT2D eigenvalue weighted by molar-refractivity contribution is 7.89. The lowest BCUT2D eigenvalue weighted by molar-refractivity contribution is -0.120. The summed E-state index contributed by atoms with van der Waals surface area (Å²) in [6.45, 7) is 0.331. The molecule has 162 valence electrons. The molecule has 3 rings (SSSR count). The van der Waals surface area contributed by atoms with E-state index < -0.39 is 10.0 Å². The summed E-state index contributed by atoms with van der Waals surface area (Å²) in [5.74, 6) is -0.371. The topological polar surface area (TPSA) is 100 Å². The molecule has 0 radical (unpaired) electrons. The first-order valence-electron chi connectivity index (χ1n) is 10.0. The summed E-state index contributed by atoms with van der Waals surface area (Å²) in [4.78, 5) is 16.6. The average Bonchev–Trinajstić information content (AvgIpc) is 2.80. The Kier molecular flexibility index (Phi) is 8.14. The van der Waals surface area contributed by atoms with Crippen LogP contribution in [0.3, 0.4) is 0 Å². The van der Waals surface area contributed by atoms with Crippen molar-refractivity contribution < 1.29 is 13.2 Å². The van der Waals surface area contributed by atoms with Crippen molar-refractivity contribution in [2.75, 3.05) is 18.4 Å². The van der Waals surface area contributed by atoms with Gasteiger partial charge in [0, 0.05) is 30.7 Å². The molecule has 31 heavy (non-hydrogen) atoms. The molecule has 0 aliphatic rings. The third kappa shape index (κ3) is 7.51. The molecule has 0 bridgehead atoms. The lowest BCUT2D eigenvalue weighted by Crippen LogP contribution is -2.43. The van der Waals surface area contributed by atoms with E-state index in [0.29, 0.717) is 19.4 Å². The quantitative estimate of drug-likeness (QED) is 0.427. The fraction of sp³-hybridized carbons (Fsp3) is 0.217. The summed E-state index contributed by atoms with van der Waals surface area (Å²) in [5.41, 5.74) is 2.05. The van der Waals surface area contributed by atoms with E-state index in [1.807, 2.05) is 42.5 Å². The second kappa shape index (κ2) is 11.2. The maximum absolute atomic E-state index is 12.5. The van der Waals surface area contributed by atoms with Gasteiger partial charge in [0.25, 0.3) is 0 Å². The Balaban J connectivity index is 1.56. The molecule has 2 aromatic carbocycles. The predicted molar refractivity (Wildman–Crippen MR) is 121 cm³/mol. The Morgan fingerprint density at radius 2 is 1.55 bits per heavy atom. The highest BCUT2D eigenvalue weighted by Gasteiger charge is 2.17. The van der Waals surface area contributed by atoms with Gasteiger partial charge in [-0.3, -0.25) is 9.78 Å². The minimum Gasteiger partial charge on any atom is -0.385 e. The summed E-state index contributed by atoms with van der Waals surface area (Å²) >= 11 is 0. The minimum absolute atomic E-state index is 0.130. The van der Waals surface area contributed by atoms with Gasteiger partial charge in [-0.05, 0) is 42.7 Å². The molecule has 1 atom stereocenters. The summed E-state index contributed by atoms with van der Waals surface area (Å²) < 4.78 is 27.0. The molecule has 7 nitrogen and oxygen atoms in total. The Hall–Kier alpha value is -3.23. The number of benzene rings is 2. The van der Waals surface area contributed by atoms with Crippen LogP contribution in [0.2, 0.25) is 0 Å². The van der Waals surface area contributed by atoms with Gasteiger partial charge in [0.1, 0.15) is 0 Å². The van der Waals surface area contributed by atoms with Crippen LogP contribution in [-0.2, 0) is 21.2 Å². The molecule has 0 saturated carbocycles. The van der Waals surface area contributed by atoms with Gasteiger partial charge in [-0.1, -0.05) is 48.5 Å². The molecule has 1 aromatic heterocycles. The number of hydrogen-bond donors (Lipinski definition) is 3. The third-order valence-electron chi connectivity index (χ3n) is 4.67. The van der Waals surface area contributed by atoms with E-state index in [4.69, 9.17) is 0 Å². The zero-order chi connectivity index (χ0) is 21.9. The summed E-state index contributed by atoms with van der Waals surface area (Å²) in [5, 5.41) is 6.27. The van der Waals surface area contributed by atoms with Crippen LogP contribution in [-0.4, -0.2) is 38.4 Å². The molecule has 0 spiro atoms. The first-order valence-corrected chi connectivity index (χ1v) is 11.5. The van der Waals surface area contributed by atoms with E-state index in [9.17, 15) is 13.2 Å². The minimum atomic E-state index is -3.73. The number of carbonyl (C=O) groups excluding carboxylic acids is 1. The number of hydrogen-bond acceptors (Lipinski definition) is 5.